The molecule has 0 N–H and O–H groups in total. The van der Waals surface area contributed by atoms with E-state index >= 15 is 0 Å². The fourth-order valence-electron chi connectivity index (χ4n) is 8.70. The first-order valence-corrected chi connectivity index (χ1v) is 24.5. The van der Waals surface area contributed by atoms with Crippen LogP contribution in [0.4, 0.5) is 0 Å². The predicted molar refractivity (Wildman–Crippen MR) is 223 cm³/mol. The second-order valence-electron chi connectivity index (χ2n) is 15.0. The molecule has 0 radical (unpaired) electrons. The number of fused-ring (bicyclic) bond motifs is 4. The molecule has 2 aromatic heterocycles. The zero-order valence-electron chi connectivity index (χ0n) is 29.5. The Labute approximate surface area is 304 Å². The maximum absolute atomic E-state index is 4.11. The normalized spacial score (nSPS) is 13.0. The number of benzene rings is 3. The van der Waals surface area contributed by atoms with Crippen molar-refractivity contribution in [2.75, 3.05) is 0 Å². The highest BCUT2D eigenvalue weighted by Crippen LogP contribution is 2.45. The fourth-order valence-corrected chi connectivity index (χ4v) is 22.3. The van der Waals surface area contributed by atoms with Crippen molar-refractivity contribution in [3.63, 3.8) is 0 Å². The molecule has 242 valence electrons. The van der Waals surface area contributed by atoms with Crippen LogP contribution in [0.2, 0.25) is 33.2 Å². The minimum atomic E-state index is -1.97. The van der Waals surface area contributed by atoms with Gasteiger partial charge in [-0.05, 0) is 123 Å². The first-order chi connectivity index (χ1) is 21.5. The molecule has 6 heteroatoms. The van der Waals surface area contributed by atoms with Crippen LogP contribution in [0.1, 0.15) is 94.2 Å². The van der Waals surface area contributed by atoms with E-state index in [-0.39, 0.29) is 0 Å². The average Bonchev–Trinajstić information content (AvgIpc) is 3.50. The van der Waals surface area contributed by atoms with Crippen molar-refractivity contribution in [1.82, 2.24) is 0 Å². The van der Waals surface area contributed by atoms with Crippen LogP contribution in [0, 0.1) is 22.9 Å². The lowest BCUT2D eigenvalue weighted by atomic mass is 9.91. The Hall–Kier alpha value is -1.39. The van der Waals surface area contributed by atoms with Crippen LogP contribution >= 0.6 is 54.5 Å². The molecule has 5 aromatic rings. The SMILES string of the molecule is CC(C)[Si](C#Cc1c2cc3cc(Br)sc3cc2c(C#C[Si](C(C)C)(C(C)C)C(C)C)c2cc3sc(Br)cc3cc12)(C(C)C)C(C)C. The van der Waals surface area contributed by atoms with Crippen molar-refractivity contribution in [3.05, 3.63) is 55.1 Å². The number of thiophene rings is 2. The van der Waals surface area contributed by atoms with Gasteiger partial charge >= 0.3 is 0 Å². The molecule has 0 bridgehead atoms. The first kappa shape index (κ1) is 35.9. The van der Waals surface area contributed by atoms with Crippen molar-refractivity contribution < 1.29 is 0 Å². The van der Waals surface area contributed by atoms with Crippen LogP contribution in [0.5, 0.6) is 0 Å². The van der Waals surface area contributed by atoms with Gasteiger partial charge in [-0.15, -0.1) is 33.8 Å². The number of halogens is 2. The van der Waals surface area contributed by atoms with E-state index in [9.17, 15) is 0 Å². The smallest absolute Gasteiger partial charge is 0.128 e. The van der Waals surface area contributed by atoms with Crippen molar-refractivity contribution in [1.29, 1.82) is 0 Å². The standard InChI is InChI=1S/C40H48Br2S2Si2/c1-23(2)45(24(3)4,25(5)6)15-13-31-33-17-29-19-39(41)43-37(29)21-35(33)32(14-16-46(26(7)8,27(9)10)28(11)12)36-22-38-30(18-34(31)36)20-40(42)44-38/h17-28H,1-12H3. The molecule has 0 nitrogen and oxygen atoms in total. The summed E-state index contributed by atoms with van der Waals surface area (Å²) in [7, 11) is -3.94. The molecule has 0 spiro atoms. The van der Waals surface area contributed by atoms with E-state index in [2.05, 4.69) is 174 Å². The van der Waals surface area contributed by atoms with Gasteiger partial charge in [-0.25, -0.2) is 0 Å². The third-order valence-electron chi connectivity index (χ3n) is 10.9. The van der Waals surface area contributed by atoms with Crippen LogP contribution in [-0.2, 0) is 0 Å². The molecular weight excluding hydrogens is 761 g/mol. The van der Waals surface area contributed by atoms with Gasteiger partial charge in [0, 0.05) is 31.3 Å². The molecule has 0 atom stereocenters. The fraction of sp³-hybridized carbons (Fsp3) is 0.450. The summed E-state index contributed by atoms with van der Waals surface area (Å²) in [6.45, 7) is 28.9. The third kappa shape index (κ3) is 6.03. The van der Waals surface area contributed by atoms with Crippen molar-refractivity contribution in [2.24, 2.45) is 0 Å². The van der Waals surface area contributed by atoms with Gasteiger partial charge in [0.15, 0.2) is 0 Å². The molecule has 3 aromatic carbocycles. The Morgan fingerprint density at radius 3 is 1.02 bits per heavy atom. The zero-order chi connectivity index (χ0) is 33.9. The molecule has 0 unspecified atom stereocenters. The molecule has 0 aliphatic carbocycles. The maximum Gasteiger partial charge on any atom is 0.146 e. The van der Waals surface area contributed by atoms with Crippen molar-refractivity contribution in [2.45, 2.75) is 116 Å². The van der Waals surface area contributed by atoms with Crippen LogP contribution in [-0.4, -0.2) is 16.1 Å². The van der Waals surface area contributed by atoms with Gasteiger partial charge < -0.3 is 0 Å². The number of rotatable bonds is 6. The Morgan fingerprint density at radius 1 is 0.457 bits per heavy atom. The van der Waals surface area contributed by atoms with Gasteiger partial charge in [0.1, 0.15) is 16.1 Å². The number of hydrogen-bond acceptors (Lipinski definition) is 2. The minimum absolute atomic E-state index is 0.572. The van der Waals surface area contributed by atoms with E-state index in [0.29, 0.717) is 33.2 Å². The topological polar surface area (TPSA) is 0 Å². The molecule has 0 fully saturated rings. The second kappa shape index (κ2) is 13.5. The average molecular weight is 809 g/mol. The highest BCUT2D eigenvalue weighted by atomic mass is 79.9. The highest BCUT2D eigenvalue weighted by molar-refractivity contribution is 9.11. The highest BCUT2D eigenvalue weighted by Gasteiger charge is 2.43. The lowest BCUT2D eigenvalue weighted by Gasteiger charge is -2.38. The Morgan fingerprint density at radius 2 is 0.739 bits per heavy atom. The first-order valence-electron chi connectivity index (χ1n) is 16.8. The summed E-state index contributed by atoms with van der Waals surface area (Å²) in [4.78, 5) is 0. The van der Waals surface area contributed by atoms with E-state index < -0.39 is 16.1 Å². The van der Waals surface area contributed by atoms with E-state index in [1.54, 1.807) is 22.7 Å². The molecule has 0 saturated heterocycles. The molecule has 46 heavy (non-hydrogen) atoms. The van der Waals surface area contributed by atoms with E-state index in [1.165, 1.54) is 52.8 Å². The van der Waals surface area contributed by atoms with E-state index in [1.807, 2.05) is 0 Å². The van der Waals surface area contributed by atoms with Crippen LogP contribution in [0.3, 0.4) is 0 Å². The van der Waals surface area contributed by atoms with Gasteiger partial charge in [-0.2, -0.15) is 0 Å². The van der Waals surface area contributed by atoms with Crippen LogP contribution < -0.4 is 0 Å². The van der Waals surface area contributed by atoms with Gasteiger partial charge in [0.2, 0.25) is 0 Å². The van der Waals surface area contributed by atoms with Gasteiger partial charge in [-0.3, -0.25) is 0 Å². The zero-order valence-corrected chi connectivity index (χ0v) is 36.3. The summed E-state index contributed by atoms with van der Waals surface area (Å²) in [5.41, 5.74) is 14.0. The van der Waals surface area contributed by atoms with Crippen LogP contribution in [0.15, 0.2) is 44.0 Å². The predicted octanol–water partition coefficient (Wildman–Crippen LogP) is 15.1. The lowest BCUT2D eigenvalue weighted by Crippen LogP contribution is -2.43. The van der Waals surface area contributed by atoms with Gasteiger partial charge in [0.25, 0.3) is 0 Å². The largest absolute Gasteiger partial charge is 0.146 e. The third-order valence-corrected chi connectivity index (χ3v) is 26.7. The summed E-state index contributed by atoms with van der Waals surface area (Å²) < 4.78 is 4.89. The van der Waals surface area contributed by atoms with Gasteiger partial charge in [0.05, 0.1) is 7.57 Å². The molecule has 0 amide bonds. The molecule has 0 saturated carbocycles. The minimum Gasteiger partial charge on any atom is -0.128 e. The second-order valence-corrected chi connectivity index (χ2v) is 31.1. The van der Waals surface area contributed by atoms with E-state index in [0.717, 1.165) is 7.57 Å². The summed E-state index contributed by atoms with van der Waals surface area (Å²) in [6.07, 6.45) is 0. The molecular formula is C40H48Br2S2Si2. The number of hydrogen-bond donors (Lipinski definition) is 0. The lowest BCUT2D eigenvalue weighted by molar-refractivity contribution is 0.838. The maximum atomic E-state index is 4.11. The Bertz CT molecular complexity index is 1790. The molecule has 2 heterocycles. The quantitative estimate of drug-likeness (QED) is 0.0911. The van der Waals surface area contributed by atoms with Crippen molar-refractivity contribution >= 4 is 112 Å². The van der Waals surface area contributed by atoms with Gasteiger partial charge in [-0.1, -0.05) is 94.9 Å². The Kier molecular flexibility index (Phi) is 10.5. The summed E-state index contributed by atoms with van der Waals surface area (Å²) >= 11 is 11.2. The molecule has 5 rings (SSSR count). The van der Waals surface area contributed by atoms with Crippen molar-refractivity contribution in [3.8, 4) is 22.9 Å². The molecule has 0 aliphatic rings. The summed E-state index contributed by atoms with van der Waals surface area (Å²) in [5.74, 6) is 7.94. The summed E-state index contributed by atoms with van der Waals surface area (Å²) in [5, 5.41) is 7.49. The monoisotopic (exact) mass is 806 g/mol. The summed E-state index contributed by atoms with van der Waals surface area (Å²) in [6, 6.07) is 14.1. The van der Waals surface area contributed by atoms with E-state index in [4.69, 9.17) is 0 Å². The Balaban J connectivity index is 2.02. The molecule has 0 aliphatic heterocycles. The van der Waals surface area contributed by atoms with Crippen LogP contribution in [0.25, 0.3) is 41.7 Å².